The lowest BCUT2D eigenvalue weighted by Gasteiger charge is -2.10. The summed E-state index contributed by atoms with van der Waals surface area (Å²) in [7, 11) is 0. The third-order valence-electron chi connectivity index (χ3n) is 4.95. The highest BCUT2D eigenvalue weighted by molar-refractivity contribution is 7.99. The van der Waals surface area contributed by atoms with Crippen LogP contribution >= 0.6 is 34.4 Å². The number of thiazole rings is 1. The number of nitrogens with zero attached hydrogens (tertiary/aromatic N) is 4. The first-order valence-corrected chi connectivity index (χ1v) is 12.1. The highest BCUT2D eigenvalue weighted by Crippen LogP contribution is 2.38. The van der Waals surface area contributed by atoms with Gasteiger partial charge in [0.15, 0.2) is 4.96 Å². The lowest BCUT2D eigenvalue weighted by Crippen LogP contribution is -2.15. The summed E-state index contributed by atoms with van der Waals surface area (Å²) >= 11 is 4.40. The average Bonchev–Trinajstić information content (AvgIpc) is 3.38. The van der Waals surface area contributed by atoms with Gasteiger partial charge in [-0.05, 0) is 31.5 Å². The summed E-state index contributed by atoms with van der Waals surface area (Å²) in [6, 6.07) is 8.63. The van der Waals surface area contributed by atoms with E-state index >= 15 is 0 Å². The van der Waals surface area contributed by atoms with E-state index in [0.29, 0.717) is 16.2 Å². The number of carbonyl (C=O) groups excluding carboxylic acids is 1. The van der Waals surface area contributed by atoms with Gasteiger partial charge in [0, 0.05) is 32.8 Å². The Morgan fingerprint density at radius 2 is 2.06 bits per heavy atom. The lowest BCUT2D eigenvalue weighted by atomic mass is 10.2. The predicted octanol–water partition coefficient (Wildman–Crippen LogP) is 4.89. The molecule has 0 saturated carbocycles. The first-order valence-electron chi connectivity index (χ1n) is 9.62. The normalized spacial score (nSPS) is 11.3. The number of benzene rings is 1. The fourth-order valence-electron chi connectivity index (χ4n) is 3.23. The number of carbonyl (C=O) groups is 1. The molecule has 0 atom stereocenters. The standard InChI is InChI=1S/C22H16N4O3S3/c1-12-13(2)31-19-18(12)20(24-11-23-19)32-16-6-4-3-5-15(16)21(28)29-10-14-9-17(27)26-7-8-30-22(26)25-14/h3-9,11H,10H2,1-2H3. The van der Waals surface area contributed by atoms with Gasteiger partial charge in [-0.1, -0.05) is 23.9 Å². The van der Waals surface area contributed by atoms with Crippen molar-refractivity contribution in [1.29, 1.82) is 0 Å². The van der Waals surface area contributed by atoms with Gasteiger partial charge in [-0.25, -0.2) is 19.7 Å². The molecule has 0 unspecified atom stereocenters. The van der Waals surface area contributed by atoms with E-state index in [1.54, 1.807) is 41.4 Å². The van der Waals surface area contributed by atoms with Crippen molar-refractivity contribution in [2.45, 2.75) is 30.4 Å². The molecular weight excluding hydrogens is 464 g/mol. The minimum absolute atomic E-state index is 0.0813. The van der Waals surface area contributed by atoms with Crippen LogP contribution in [0.5, 0.6) is 0 Å². The van der Waals surface area contributed by atoms with Crippen molar-refractivity contribution < 1.29 is 9.53 Å². The maximum Gasteiger partial charge on any atom is 0.339 e. The molecule has 0 aliphatic heterocycles. The molecule has 0 N–H and O–H groups in total. The molecule has 0 radical (unpaired) electrons. The number of hydrogen-bond donors (Lipinski definition) is 0. The maximum absolute atomic E-state index is 12.9. The number of aryl methyl sites for hydroxylation is 2. The van der Waals surface area contributed by atoms with Crippen LogP contribution in [0.25, 0.3) is 15.2 Å². The topological polar surface area (TPSA) is 86.5 Å². The van der Waals surface area contributed by atoms with E-state index in [1.807, 2.05) is 12.1 Å². The fraction of sp³-hybridized carbons (Fsp3) is 0.136. The number of thiophene rings is 1. The minimum atomic E-state index is -0.482. The Morgan fingerprint density at radius 3 is 2.94 bits per heavy atom. The second-order valence-electron chi connectivity index (χ2n) is 6.96. The van der Waals surface area contributed by atoms with E-state index in [9.17, 15) is 9.59 Å². The van der Waals surface area contributed by atoms with Crippen LogP contribution in [0.1, 0.15) is 26.5 Å². The molecule has 4 aromatic heterocycles. The molecule has 0 spiro atoms. The van der Waals surface area contributed by atoms with Crippen molar-refractivity contribution in [3.63, 3.8) is 0 Å². The minimum Gasteiger partial charge on any atom is -0.456 e. The average molecular weight is 481 g/mol. The van der Waals surface area contributed by atoms with Crippen molar-refractivity contribution >= 4 is 55.6 Å². The summed E-state index contributed by atoms with van der Waals surface area (Å²) in [5.74, 6) is -0.482. The maximum atomic E-state index is 12.9. The molecule has 10 heteroatoms. The molecule has 0 fully saturated rings. The summed E-state index contributed by atoms with van der Waals surface area (Å²) in [6.07, 6.45) is 3.21. The molecule has 0 amide bonds. The molecular formula is C22H16N4O3S3. The second kappa shape index (κ2) is 8.45. The SMILES string of the molecule is Cc1sc2ncnc(Sc3ccccc3C(=O)OCc3cc(=O)n4ccsc4n3)c2c1C. The van der Waals surface area contributed by atoms with Gasteiger partial charge in [-0.15, -0.1) is 22.7 Å². The molecule has 0 aliphatic rings. The number of ether oxygens (including phenoxy) is 1. The molecule has 0 saturated heterocycles. The Hall–Kier alpha value is -3.08. The van der Waals surface area contributed by atoms with E-state index in [2.05, 4.69) is 28.8 Å². The quantitative estimate of drug-likeness (QED) is 0.262. The highest BCUT2D eigenvalue weighted by atomic mass is 32.2. The van der Waals surface area contributed by atoms with Crippen molar-refractivity contribution in [3.05, 3.63) is 80.3 Å². The summed E-state index contributed by atoms with van der Waals surface area (Å²) in [6.45, 7) is 4.04. The molecule has 0 bridgehead atoms. The van der Waals surface area contributed by atoms with Crippen LogP contribution in [0.3, 0.4) is 0 Å². The predicted molar refractivity (Wildman–Crippen MR) is 126 cm³/mol. The van der Waals surface area contributed by atoms with Gasteiger partial charge < -0.3 is 4.74 Å². The molecule has 7 nitrogen and oxygen atoms in total. The second-order valence-corrected chi connectivity index (χ2v) is 10.1. The lowest BCUT2D eigenvalue weighted by molar-refractivity contribution is 0.0463. The van der Waals surface area contributed by atoms with Crippen LogP contribution in [0.2, 0.25) is 0 Å². The molecule has 0 aliphatic carbocycles. The number of esters is 1. The van der Waals surface area contributed by atoms with Crippen LogP contribution in [0, 0.1) is 13.8 Å². The first-order chi connectivity index (χ1) is 15.5. The van der Waals surface area contributed by atoms with Crippen LogP contribution in [-0.2, 0) is 11.3 Å². The van der Waals surface area contributed by atoms with Crippen molar-refractivity contribution in [3.8, 4) is 0 Å². The van der Waals surface area contributed by atoms with Gasteiger partial charge in [0.25, 0.3) is 5.56 Å². The fourth-order valence-corrected chi connectivity index (χ4v) is 6.10. The van der Waals surface area contributed by atoms with E-state index in [4.69, 9.17) is 4.74 Å². The van der Waals surface area contributed by atoms with Gasteiger partial charge >= 0.3 is 5.97 Å². The van der Waals surface area contributed by atoms with Gasteiger partial charge in [0.2, 0.25) is 0 Å². The molecule has 1 aromatic carbocycles. The number of hydrogen-bond acceptors (Lipinski definition) is 9. The van der Waals surface area contributed by atoms with E-state index in [1.165, 1.54) is 38.4 Å². The zero-order valence-corrected chi connectivity index (χ0v) is 19.5. The molecule has 5 rings (SSSR count). The third-order valence-corrected chi connectivity index (χ3v) is 7.90. The number of aromatic nitrogens is 4. The Kier molecular flexibility index (Phi) is 5.50. The Bertz CT molecular complexity index is 1540. The highest BCUT2D eigenvalue weighted by Gasteiger charge is 2.18. The monoisotopic (exact) mass is 480 g/mol. The van der Waals surface area contributed by atoms with Crippen LogP contribution in [0.15, 0.2) is 63.0 Å². The summed E-state index contributed by atoms with van der Waals surface area (Å²) in [5.41, 5.74) is 1.79. The zero-order valence-electron chi connectivity index (χ0n) is 17.1. The summed E-state index contributed by atoms with van der Waals surface area (Å²) < 4.78 is 6.96. The Balaban J connectivity index is 1.41. The van der Waals surface area contributed by atoms with E-state index in [-0.39, 0.29) is 12.2 Å². The largest absolute Gasteiger partial charge is 0.456 e. The first kappa shape index (κ1) is 20.8. The zero-order chi connectivity index (χ0) is 22.2. The van der Waals surface area contributed by atoms with Crippen LogP contribution in [-0.4, -0.2) is 25.3 Å². The van der Waals surface area contributed by atoms with Crippen LogP contribution in [0.4, 0.5) is 0 Å². The number of rotatable bonds is 5. The van der Waals surface area contributed by atoms with Crippen molar-refractivity contribution in [2.24, 2.45) is 0 Å². The van der Waals surface area contributed by atoms with Crippen LogP contribution < -0.4 is 5.56 Å². The Labute approximate surface area is 194 Å². The van der Waals surface area contributed by atoms with Gasteiger partial charge in [-0.2, -0.15) is 0 Å². The molecule has 160 valence electrons. The van der Waals surface area contributed by atoms with Gasteiger partial charge in [0.1, 0.15) is 22.8 Å². The van der Waals surface area contributed by atoms with Crippen molar-refractivity contribution in [2.75, 3.05) is 0 Å². The molecule has 4 heterocycles. The molecule has 5 aromatic rings. The number of fused-ring (bicyclic) bond motifs is 2. The third kappa shape index (κ3) is 3.81. The smallest absolute Gasteiger partial charge is 0.339 e. The van der Waals surface area contributed by atoms with Crippen molar-refractivity contribution in [1.82, 2.24) is 19.4 Å². The Morgan fingerprint density at radius 1 is 1.22 bits per heavy atom. The van der Waals surface area contributed by atoms with E-state index < -0.39 is 5.97 Å². The van der Waals surface area contributed by atoms with Gasteiger partial charge in [-0.3, -0.25) is 9.20 Å². The molecule has 32 heavy (non-hydrogen) atoms. The summed E-state index contributed by atoms with van der Waals surface area (Å²) in [4.78, 5) is 41.7. The van der Waals surface area contributed by atoms with Gasteiger partial charge in [0.05, 0.1) is 11.3 Å². The van der Waals surface area contributed by atoms with E-state index in [0.717, 1.165) is 25.7 Å². The summed E-state index contributed by atoms with van der Waals surface area (Å²) in [5, 5.41) is 3.60.